The number of aliphatic carboxylic acids is 1. The zero-order valence-corrected chi connectivity index (χ0v) is 13.4. The number of benzene rings is 1. The molecule has 0 aromatic heterocycles. The summed E-state index contributed by atoms with van der Waals surface area (Å²) in [4.78, 5) is 14.6. The van der Waals surface area contributed by atoms with E-state index in [4.69, 9.17) is 9.84 Å². The molecule has 1 fully saturated rings. The maximum atomic E-state index is 11.1. The molecule has 0 bridgehead atoms. The number of hydrogen-bond acceptors (Lipinski definition) is 4. The molecule has 4 nitrogen and oxygen atoms in total. The van der Waals surface area contributed by atoms with Crippen molar-refractivity contribution in [1.29, 1.82) is 0 Å². The Hall–Kier alpha value is -1.20. The summed E-state index contributed by atoms with van der Waals surface area (Å²) in [5, 5.41) is 9.17. The van der Waals surface area contributed by atoms with Gasteiger partial charge < -0.3 is 9.84 Å². The third-order valence-corrected chi connectivity index (χ3v) is 4.56. The molecule has 0 spiro atoms. The average Bonchev–Trinajstić information content (AvgIpc) is 2.47. The van der Waals surface area contributed by atoms with Crippen molar-refractivity contribution in [3.63, 3.8) is 0 Å². The number of carboxylic acid groups (broad SMARTS) is 1. The van der Waals surface area contributed by atoms with E-state index in [0.29, 0.717) is 19.1 Å². The van der Waals surface area contributed by atoms with Crippen molar-refractivity contribution in [1.82, 2.24) is 4.90 Å². The second kappa shape index (κ2) is 7.71. The highest BCUT2D eigenvalue weighted by Gasteiger charge is 2.29. The van der Waals surface area contributed by atoms with Crippen molar-refractivity contribution in [3.8, 4) is 5.75 Å². The molecule has 0 radical (unpaired) electrons. The van der Waals surface area contributed by atoms with Gasteiger partial charge in [-0.2, -0.15) is 0 Å². The summed E-state index contributed by atoms with van der Waals surface area (Å²) in [5.74, 6) is 0.378. The fourth-order valence-electron chi connectivity index (χ4n) is 2.79. The molecule has 21 heavy (non-hydrogen) atoms. The molecule has 0 saturated carbocycles. The van der Waals surface area contributed by atoms with Gasteiger partial charge in [-0.3, -0.25) is 9.69 Å². The quantitative estimate of drug-likeness (QED) is 0.819. The molecular weight excluding hydrogens is 286 g/mol. The van der Waals surface area contributed by atoms with E-state index in [1.54, 1.807) is 11.8 Å². The lowest BCUT2D eigenvalue weighted by molar-refractivity contribution is -0.144. The van der Waals surface area contributed by atoms with Gasteiger partial charge in [-0.25, -0.2) is 0 Å². The summed E-state index contributed by atoms with van der Waals surface area (Å²) in [6, 6.07) is 8.04. The highest BCUT2D eigenvalue weighted by atomic mass is 32.2. The van der Waals surface area contributed by atoms with Crippen LogP contribution < -0.4 is 4.74 Å². The van der Waals surface area contributed by atoms with Crippen LogP contribution in [0.2, 0.25) is 0 Å². The number of piperidine rings is 1. The standard InChI is InChI=1S/C16H23NO3S/c1-12-9-13(16(18)19)11-17(10-12)7-8-20-14-3-5-15(21-2)6-4-14/h3-6,12-13H,7-11H2,1-2H3,(H,18,19). The van der Waals surface area contributed by atoms with E-state index in [1.807, 2.05) is 30.5 Å². The van der Waals surface area contributed by atoms with Crippen LogP contribution in [0.15, 0.2) is 29.2 Å². The van der Waals surface area contributed by atoms with Crippen LogP contribution in [0.25, 0.3) is 0 Å². The molecule has 1 N–H and O–H groups in total. The van der Waals surface area contributed by atoms with Gasteiger partial charge in [-0.05, 0) is 42.9 Å². The van der Waals surface area contributed by atoms with Crippen LogP contribution in [0.5, 0.6) is 5.75 Å². The van der Waals surface area contributed by atoms with E-state index >= 15 is 0 Å². The molecule has 0 amide bonds. The molecule has 5 heteroatoms. The van der Waals surface area contributed by atoms with Gasteiger partial charge in [0.15, 0.2) is 0 Å². The van der Waals surface area contributed by atoms with Gasteiger partial charge in [-0.1, -0.05) is 6.92 Å². The number of likely N-dealkylation sites (tertiary alicyclic amines) is 1. The Morgan fingerprint density at radius 2 is 2.10 bits per heavy atom. The smallest absolute Gasteiger partial charge is 0.307 e. The van der Waals surface area contributed by atoms with Crippen LogP contribution in [-0.2, 0) is 4.79 Å². The lowest BCUT2D eigenvalue weighted by Gasteiger charge is -2.34. The minimum Gasteiger partial charge on any atom is -0.492 e. The van der Waals surface area contributed by atoms with Crippen LogP contribution >= 0.6 is 11.8 Å². The number of nitrogens with zero attached hydrogens (tertiary/aromatic N) is 1. The van der Waals surface area contributed by atoms with Gasteiger partial charge in [-0.15, -0.1) is 11.8 Å². The summed E-state index contributed by atoms with van der Waals surface area (Å²) in [6.45, 7) is 5.08. The van der Waals surface area contributed by atoms with Crippen LogP contribution in [0.3, 0.4) is 0 Å². The van der Waals surface area contributed by atoms with Gasteiger partial charge in [0.25, 0.3) is 0 Å². The fourth-order valence-corrected chi connectivity index (χ4v) is 3.20. The number of carboxylic acids is 1. The highest BCUT2D eigenvalue weighted by Crippen LogP contribution is 2.22. The zero-order valence-electron chi connectivity index (χ0n) is 12.6. The van der Waals surface area contributed by atoms with Crippen molar-refractivity contribution < 1.29 is 14.6 Å². The molecule has 116 valence electrons. The van der Waals surface area contributed by atoms with Gasteiger partial charge in [0, 0.05) is 24.5 Å². The number of thioether (sulfide) groups is 1. The van der Waals surface area contributed by atoms with Crippen molar-refractivity contribution >= 4 is 17.7 Å². The van der Waals surface area contributed by atoms with E-state index in [9.17, 15) is 4.79 Å². The van der Waals surface area contributed by atoms with Crippen molar-refractivity contribution in [2.24, 2.45) is 11.8 Å². The third-order valence-electron chi connectivity index (χ3n) is 3.82. The minimum atomic E-state index is -0.680. The molecule has 2 atom stereocenters. The Kier molecular flexibility index (Phi) is 5.94. The first kappa shape index (κ1) is 16.2. The first-order chi connectivity index (χ1) is 10.1. The summed E-state index contributed by atoms with van der Waals surface area (Å²) in [6.07, 6.45) is 2.83. The average molecular weight is 309 g/mol. The SMILES string of the molecule is CSc1ccc(OCCN2CC(C)CC(C(=O)O)C2)cc1. The monoisotopic (exact) mass is 309 g/mol. The molecule has 1 saturated heterocycles. The number of ether oxygens (including phenoxy) is 1. The van der Waals surface area contributed by atoms with Crippen LogP contribution in [0, 0.1) is 11.8 Å². The van der Waals surface area contributed by atoms with Gasteiger partial charge in [0.05, 0.1) is 5.92 Å². The van der Waals surface area contributed by atoms with Gasteiger partial charge >= 0.3 is 5.97 Å². The van der Waals surface area contributed by atoms with Crippen LogP contribution in [0.1, 0.15) is 13.3 Å². The molecule has 0 aliphatic carbocycles. The van der Waals surface area contributed by atoms with Gasteiger partial charge in [0.2, 0.25) is 0 Å². The molecule has 2 unspecified atom stereocenters. The predicted molar refractivity (Wildman–Crippen MR) is 85.1 cm³/mol. The maximum Gasteiger partial charge on any atom is 0.307 e. The summed E-state index contributed by atoms with van der Waals surface area (Å²) in [7, 11) is 0. The van der Waals surface area contributed by atoms with E-state index in [0.717, 1.165) is 25.3 Å². The third kappa shape index (κ3) is 4.93. The maximum absolute atomic E-state index is 11.1. The molecule has 1 aliphatic heterocycles. The lowest BCUT2D eigenvalue weighted by Crippen LogP contribution is -2.44. The summed E-state index contributed by atoms with van der Waals surface area (Å²) >= 11 is 1.71. The number of rotatable bonds is 6. The first-order valence-electron chi connectivity index (χ1n) is 7.30. The second-order valence-electron chi connectivity index (χ2n) is 5.66. The van der Waals surface area contributed by atoms with E-state index < -0.39 is 5.97 Å². The Morgan fingerprint density at radius 1 is 1.38 bits per heavy atom. The van der Waals surface area contributed by atoms with Crippen molar-refractivity contribution in [2.45, 2.75) is 18.2 Å². The summed E-state index contributed by atoms with van der Waals surface area (Å²) < 4.78 is 5.74. The highest BCUT2D eigenvalue weighted by molar-refractivity contribution is 7.98. The molecule has 1 heterocycles. The Bertz CT molecular complexity index is 463. The van der Waals surface area contributed by atoms with Crippen LogP contribution in [0.4, 0.5) is 0 Å². The molecule has 1 aliphatic rings. The topological polar surface area (TPSA) is 49.8 Å². The lowest BCUT2D eigenvalue weighted by atomic mass is 9.90. The fraction of sp³-hybridized carbons (Fsp3) is 0.562. The van der Waals surface area contributed by atoms with Crippen molar-refractivity contribution in [2.75, 3.05) is 32.5 Å². The minimum absolute atomic E-state index is 0.241. The summed E-state index contributed by atoms with van der Waals surface area (Å²) in [5.41, 5.74) is 0. The Balaban J connectivity index is 1.78. The number of hydrogen-bond donors (Lipinski definition) is 1. The number of carbonyl (C=O) groups is 1. The normalized spacial score (nSPS) is 23.0. The molecule has 1 aromatic rings. The molecule has 2 rings (SSSR count). The first-order valence-corrected chi connectivity index (χ1v) is 8.53. The molecule has 1 aromatic carbocycles. The van der Waals surface area contributed by atoms with Crippen LogP contribution in [-0.4, -0.2) is 48.5 Å². The molecular formula is C16H23NO3S. The van der Waals surface area contributed by atoms with E-state index in [1.165, 1.54) is 4.90 Å². The van der Waals surface area contributed by atoms with E-state index in [2.05, 4.69) is 11.8 Å². The predicted octanol–water partition coefficient (Wildman–Crippen LogP) is 2.83. The van der Waals surface area contributed by atoms with Crippen molar-refractivity contribution in [3.05, 3.63) is 24.3 Å². The van der Waals surface area contributed by atoms with E-state index in [-0.39, 0.29) is 5.92 Å². The zero-order chi connectivity index (χ0) is 15.2. The van der Waals surface area contributed by atoms with Gasteiger partial charge in [0.1, 0.15) is 12.4 Å². The Morgan fingerprint density at radius 3 is 2.71 bits per heavy atom. The Labute approximate surface area is 130 Å². The largest absolute Gasteiger partial charge is 0.492 e. The second-order valence-corrected chi connectivity index (χ2v) is 6.54.